The van der Waals surface area contributed by atoms with E-state index in [9.17, 15) is 5.11 Å². The summed E-state index contributed by atoms with van der Waals surface area (Å²) in [5.74, 6) is 0.931. The minimum atomic E-state index is -0.243. The lowest BCUT2D eigenvalue weighted by Gasteiger charge is -2.49. The third kappa shape index (κ3) is 3.15. The van der Waals surface area contributed by atoms with Gasteiger partial charge in [-0.2, -0.15) is 0 Å². The first-order valence-corrected chi connectivity index (χ1v) is 9.91. The number of aryl methyl sites for hydroxylation is 1. The van der Waals surface area contributed by atoms with Gasteiger partial charge in [-0.15, -0.1) is 0 Å². The third-order valence-corrected chi connectivity index (χ3v) is 7.34. The van der Waals surface area contributed by atoms with Gasteiger partial charge < -0.3 is 15.6 Å². The minimum Gasteiger partial charge on any atom is -0.392 e. The molecule has 0 amide bonds. The Bertz CT molecular complexity index is 616. The molecule has 5 atom stereocenters. The van der Waals surface area contributed by atoms with Crippen LogP contribution >= 0.6 is 0 Å². The van der Waals surface area contributed by atoms with Crippen LogP contribution < -0.4 is 5.73 Å². The molecule has 0 aliphatic heterocycles. The summed E-state index contributed by atoms with van der Waals surface area (Å²) in [7, 11) is 1.79. The summed E-state index contributed by atoms with van der Waals surface area (Å²) >= 11 is 0. The van der Waals surface area contributed by atoms with E-state index in [1.54, 1.807) is 7.11 Å². The van der Waals surface area contributed by atoms with Gasteiger partial charge in [-0.05, 0) is 62.5 Å². The maximum atomic E-state index is 10.5. The lowest BCUT2D eigenvalue weighted by Crippen LogP contribution is -2.57. The highest BCUT2D eigenvalue weighted by Crippen LogP contribution is 2.57. The van der Waals surface area contributed by atoms with Gasteiger partial charge >= 0.3 is 0 Å². The molecule has 3 nitrogen and oxygen atoms in total. The largest absolute Gasteiger partial charge is 0.392 e. The Balaban J connectivity index is 1.93. The van der Waals surface area contributed by atoms with Crippen molar-refractivity contribution in [3.8, 4) is 0 Å². The van der Waals surface area contributed by atoms with Crippen molar-refractivity contribution in [2.75, 3.05) is 13.7 Å². The number of hydrogen-bond acceptors (Lipinski definition) is 3. The van der Waals surface area contributed by atoms with Crippen LogP contribution in [0.5, 0.6) is 0 Å². The van der Waals surface area contributed by atoms with Crippen molar-refractivity contribution in [2.45, 2.75) is 82.8 Å². The minimum absolute atomic E-state index is 0.120. The van der Waals surface area contributed by atoms with Gasteiger partial charge in [0.1, 0.15) is 0 Å². The monoisotopic (exact) mass is 345 g/mol. The first-order chi connectivity index (χ1) is 11.8. The average molecular weight is 346 g/mol. The maximum Gasteiger partial charge on any atom is 0.0612 e. The predicted octanol–water partition coefficient (Wildman–Crippen LogP) is 4.26. The van der Waals surface area contributed by atoms with Crippen LogP contribution in [0.3, 0.4) is 0 Å². The molecule has 0 heterocycles. The second-order valence-corrected chi connectivity index (χ2v) is 8.76. The number of methoxy groups -OCH3 is 1. The zero-order valence-corrected chi connectivity index (χ0v) is 16.3. The molecule has 0 saturated heterocycles. The van der Waals surface area contributed by atoms with Crippen molar-refractivity contribution in [3.05, 3.63) is 34.9 Å². The van der Waals surface area contributed by atoms with Crippen LogP contribution in [-0.2, 0) is 4.74 Å². The molecule has 3 heteroatoms. The van der Waals surface area contributed by atoms with Gasteiger partial charge in [0.05, 0.1) is 12.7 Å². The second-order valence-electron chi connectivity index (χ2n) is 8.76. The van der Waals surface area contributed by atoms with E-state index in [4.69, 9.17) is 10.5 Å². The number of aliphatic hydroxyl groups excluding tert-OH is 1. The number of aliphatic hydroxyl groups is 1. The first-order valence-electron chi connectivity index (χ1n) is 9.91. The van der Waals surface area contributed by atoms with Crippen LogP contribution in [-0.4, -0.2) is 30.5 Å². The zero-order valence-electron chi connectivity index (χ0n) is 16.3. The maximum absolute atomic E-state index is 10.5. The van der Waals surface area contributed by atoms with Gasteiger partial charge in [-0.3, -0.25) is 0 Å². The summed E-state index contributed by atoms with van der Waals surface area (Å²) in [5, 5.41) is 10.5. The molecule has 2 aliphatic carbocycles. The summed E-state index contributed by atoms with van der Waals surface area (Å²) in [6.07, 6.45) is 5.75. The molecule has 0 aromatic heterocycles. The van der Waals surface area contributed by atoms with Crippen molar-refractivity contribution in [2.24, 2.45) is 11.1 Å². The number of hydrogen-bond donors (Lipinski definition) is 2. The number of fused-ring (bicyclic) bond motifs is 1. The summed E-state index contributed by atoms with van der Waals surface area (Å²) in [6, 6.07) is 6.91. The molecule has 1 aromatic rings. The van der Waals surface area contributed by atoms with Crippen molar-refractivity contribution >= 4 is 0 Å². The second kappa shape index (κ2) is 7.02. The van der Waals surface area contributed by atoms with Gasteiger partial charge in [0.25, 0.3) is 0 Å². The highest BCUT2D eigenvalue weighted by Gasteiger charge is 2.57. The molecule has 3 rings (SSSR count). The highest BCUT2D eigenvalue weighted by atomic mass is 16.5. The Hall–Kier alpha value is -0.900. The number of benzene rings is 1. The van der Waals surface area contributed by atoms with Crippen molar-refractivity contribution in [3.63, 3.8) is 0 Å². The van der Waals surface area contributed by atoms with E-state index in [0.717, 1.165) is 45.1 Å². The predicted molar refractivity (Wildman–Crippen MR) is 103 cm³/mol. The normalized spacial score (nSPS) is 36.2. The number of rotatable bonds is 5. The van der Waals surface area contributed by atoms with Crippen LogP contribution in [0.25, 0.3) is 0 Å². The van der Waals surface area contributed by atoms with E-state index in [1.165, 1.54) is 16.7 Å². The number of ether oxygens (including phenoxy) is 1. The Labute approximate surface area is 153 Å². The molecule has 3 N–H and O–H groups in total. The van der Waals surface area contributed by atoms with E-state index in [2.05, 4.69) is 39.0 Å². The molecule has 140 valence electrons. The molecule has 2 aliphatic rings. The van der Waals surface area contributed by atoms with Crippen LogP contribution in [0.2, 0.25) is 0 Å². The molecule has 0 spiro atoms. The topological polar surface area (TPSA) is 55.5 Å². The fraction of sp³-hybridized carbons (Fsp3) is 0.727. The van der Waals surface area contributed by atoms with Gasteiger partial charge in [0.2, 0.25) is 0 Å². The molecule has 0 bridgehead atoms. The molecule has 2 saturated carbocycles. The summed E-state index contributed by atoms with van der Waals surface area (Å²) in [5.41, 5.74) is 10.7. The van der Waals surface area contributed by atoms with E-state index in [0.29, 0.717) is 11.8 Å². The number of nitrogens with two attached hydrogens (primary N) is 1. The van der Waals surface area contributed by atoms with Crippen LogP contribution in [0, 0.1) is 12.3 Å². The standard InChI is InChI=1S/C22H35NO2/c1-5-16(14-25-4)19-12-15(2)6-7-18(19)17-8-10-21(3)20(24)9-11-22(21,23)13-17/h6-7,12,16-17,20,24H,5,8-11,13-14,23H2,1-4H3/t16-,17-,20?,21+,22+/m0/s1. The Morgan fingerprint density at radius 2 is 2.08 bits per heavy atom. The van der Waals surface area contributed by atoms with E-state index in [-0.39, 0.29) is 17.1 Å². The van der Waals surface area contributed by atoms with Gasteiger partial charge in [-0.25, -0.2) is 0 Å². The highest BCUT2D eigenvalue weighted by molar-refractivity contribution is 5.38. The zero-order chi connectivity index (χ0) is 18.2. The summed E-state index contributed by atoms with van der Waals surface area (Å²) in [6.45, 7) is 7.38. The van der Waals surface area contributed by atoms with E-state index < -0.39 is 0 Å². The summed E-state index contributed by atoms with van der Waals surface area (Å²) in [4.78, 5) is 0. The van der Waals surface area contributed by atoms with Crippen LogP contribution in [0.4, 0.5) is 0 Å². The van der Waals surface area contributed by atoms with E-state index >= 15 is 0 Å². The first kappa shape index (κ1) is 18.9. The van der Waals surface area contributed by atoms with Crippen molar-refractivity contribution in [1.82, 2.24) is 0 Å². The van der Waals surface area contributed by atoms with Crippen molar-refractivity contribution in [1.29, 1.82) is 0 Å². The van der Waals surface area contributed by atoms with Crippen LogP contribution in [0.1, 0.15) is 80.9 Å². The fourth-order valence-electron chi connectivity index (χ4n) is 5.41. The van der Waals surface area contributed by atoms with E-state index in [1.807, 2.05) is 0 Å². The Kier molecular flexibility index (Phi) is 5.30. The Morgan fingerprint density at radius 1 is 1.32 bits per heavy atom. The molecular formula is C22H35NO2. The SMILES string of the molecule is CC[C@@H](COC)c1cc(C)ccc1[C@H]1CC[C@]2(C)C(O)CC[C@@]2(N)C1. The molecule has 25 heavy (non-hydrogen) atoms. The quantitative estimate of drug-likeness (QED) is 0.838. The molecule has 1 aromatic carbocycles. The smallest absolute Gasteiger partial charge is 0.0612 e. The average Bonchev–Trinajstić information content (AvgIpc) is 2.83. The van der Waals surface area contributed by atoms with Gasteiger partial charge in [0.15, 0.2) is 0 Å². The Morgan fingerprint density at radius 3 is 2.76 bits per heavy atom. The lowest BCUT2D eigenvalue weighted by atomic mass is 9.59. The lowest BCUT2D eigenvalue weighted by molar-refractivity contribution is -0.00604. The molecule has 0 radical (unpaired) electrons. The molecular weight excluding hydrogens is 310 g/mol. The van der Waals surface area contributed by atoms with Gasteiger partial charge in [0, 0.05) is 24.0 Å². The third-order valence-electron chi connectivity index (χ3n) is 7.34. The summed E-state index contributed by atoms with van der Waals surface area (Å²) < 4.78 is 5.49. The van der Waals surface area contributed by atoms with Crippen LogP contribution in [0.15, 0.2) is 18.2 Å². The van der Waals surface area contributed by atoms with Gasteiger partial charge in [-0.1, -0.05) is 37.6 Å². The van der Waals surface area contributed by atoms with Crippen molar-refractivity contribution < 1.29 is 9.84 Å². The molecule has 1 unspecified atom stereocenters. The fourth-order valence-corrected chi connectivity index (χ4v) is 5.41. The molecule has 2 fully saturated rings.